The second-order valence-corrected chi connectivity index (χ2v) is 4.98. The molecule has 4 heteroatoms. The molecule has 0 radical (unpaired) electrons. The van der Waals surface area contributed by atoms with Crippen molar-refractivity contribution in [3.63, 3.8) is 0 Å². The summed E-state index contributed by atoms with van der Waals surface area (Å²) in [6.07, 6.45) is 2.34. The van der Waals surface area contributed by atoms with E-state index in [0.29, 0.717) is 5.88 Å². The van der Waals surface area contributed by atoms with E-state index in [2.05, 4.69) is 38.5 Å². The number of unbranched alkanes of at least 4 members (excludes halogenated alkanes) is 1. The van der Waals surface area contributed by atoms with Gasteiger partial charge in [-0.15, -0.1) is 11.6 Å². The molecule has 0 aliphatic rings. The molecule has 0 amide bonds. The Morgan fingerprint density at radius 3 is 2.94 bits per heavy atom. The van der Waals surface area contributed by atoms with Gasteiger partial charge in [0.15, 0.2) is 0 Å². The van der Waals surface area contributed by atoms with Gasteiger partial charge in [-0.25, -0.2) is 4.98 Å². The van der Waals surface area contributed by atoms with Crippen LogP contribution in [0, 0.1) is 0 Å². The van der Waals surface area contributed by atoms with Crippen LogP contribution in [0.2, 0.25) is 0 Å². The van der Waals surface area contributed by atoms with Crippen molar-refractivity contribution >= 4 is 38.6 Å². The second kappa shape index (κ2) is 5.19. The van der Waals surface area contributed by atoms with Gasteiger partial charge < -0.3 is 4.57 Å². The smallest absolute Gasteiger partial charge is 0.124 e. The number of nitrogens with zero attached hydrogens (tertiary/aromatic N) is 2. The molecule has 2 aromatic rings. The van der Waals surface area contributed by atoms with E-state index in [9.17, 15) is 0 Å². The van der Waals surface area contributed by atoms with E-state index in [4.69, 9.17) is 11.6 Å². The molecule has 0 spiro atoms. The Morgan fingerprint density at radius 1 is 1.44 bits per heavy atom. The summed E-state index contributed by atoms with van der Waals surface area (Å²) in [6.45, 7) is 3.19. The van der Waals surface area contributed by atoms with E-state index in [0.717, 1.165) is 28.8 Å². The van der Waals surface area contributed by atoms with Crippen molar-refractivity contribution < 1.29 is 0 Å². The molecule has 2 nitrogen and oxygen atoms in total. The fourth-order valence-corrected chi connectivity index (χ4v) is 2.37. The molecule has 0 atom stereocenters. The average molecular weight is 302 g/mol. The van der Waals surface area contributed by atoms with Gasteiger partial charge in [0.1, 0.15) is 5.82 Å². The van der Waals surface area contributed by atoms with Crippen LogP contribution in [0.15, 0.2) is 22.7 Å². The Kier molecular flexibility index (Phi) is 3.87. The van der Waals surface area contributed by atoms with E-state index in [1.54, 1.807) is 0 Å². The standard InChI is InChI=1S/C12H14BrClN2/c1-2-3-6-16-11-5-4-9(13)7-10(11)15-12(16)8-14/h4-5,7H,2-3,6,8H2,1H3. The van der Waals surface area contributed by atoms with Gasteiger partial charge in [-0.3, -0.25) is 0 Å². The average Bonchev–Trinajstić information content (AvgIpc) is 2.63. The Morgan fingerprint density at radius 2 is 2.25 bits per heavy atom. The van der Waals surface area contributed by atoms with Gasteiger partial charge in [0.2, 0.25) is 0 Å². The highest BCUT2D eigenvalue weighted by Crippen LogP contribution is 2.22. The molecule has 0 aliphatic carbocycles. The molecule has 0 fully saturated rings. The zero-order valence-corrected chi connectivity index (χ0v) is 11.6. The number of rotatable bonds is 4. The second-order valence-electron chi connectivity index (χ2n) is 3.80. The van der Waals surface area contributed by atoms with E-state index >= 15 is 0 Å². The number of fused-ring (bicyclic) bond motifs is 1. The van der Waals surface area contributed by atoms with Crippen molar-refractivity contribution in [1.82, 2.24) is 9.55 Å². The van der Waals surface area contributed by atoms with Crippen LogP contribution < -0.4 is 0 Å². The molecule has 0 unspecified atom stereocenters. The van der Waals surface area contributed by atoms with Gasteiger partial charge in [-0.1, -0.05) is 29.3 Å². The van der Waals surface area contributed by atoms with Gasteiger partial charge in [0, 0.05) is 11.0 Å². The van der Waals surface area contributed by atoms with Crippen molar-refractivity contribution in [2.75, 3.05) is 0 Å². The molecule has 86 valence electrons. The third-order valence-electron chi connectivity index (χ3n) is 2.64. The number of aromatic nitrogens is 2. The number of alkyl halides is 1. The lowest BCUT2D eigenvalue weighted by atomic mass is 10.3. The van der Waals surface area contributed by atoms with Crippen molar-refractivity contribution in [3.05, 3.63) is 28.5 Å². The molecule has 2 rings (SSSR count). The maximum absolute atomic E-state index is 5.93. The Balaban J connectivity index is 2.50. The van der Waals surface area contributed by atoms with Crippen LogP contribution in [-0.2, 0) is 12.4 Å². The van der Waals surface area contributed by atoms with Crippen LogP contribution in [0.5, 0.6) is 0 Å². The van der Waals surface area contributed by atoms with E-state index < -0.39 is 0 Å². The van der Waals surface area contributed by atoms with Crippen LogP contribution in [0.1, 0.15) is 25.6 Å². The van der Waals surface area contributed by atoms with Gasteiger partial charge in [0.25, 0.3) is 0 Å². The van der Waals surface area contributed by atoms with Crippen molar-refractivity contribution in [2.45, 2.75) is 32.2 Å². The Hall–Kier alpha value is -0.540. The minimum atomic E-state index is 0.468. The van der Waals surface area contributed by atoms with Crippen LogP contribution in [0.3, 0.4) is 0 Å². The zero-order valence-electron chi connectivity index (χ0n) is 9.21. The molecule has 0 bridgehead atoms. The third kappa shape index (κ3) is 2.25. The normalized spacial score (nSPS) is 11.2. The molecule has 1 heterocycles. The lowest BCUT2D eigenvalue weighted by Crippen LogP contribution is -2.01. The molecule has 0 saturated carbocycles. The van der Waals surface area contributed by atoms with E-state index in [1.165, 1.54) is 11.9 Å². The number of halogens is 2. The fourth-order valence-electron chi connectivity index (χ4n) is 1.82. The molecule has 1 aromatic carbocycles. The highest BCUT2D eigenvalue weighted by molar-refractivity contribution is 9.10. The summed E-state index contributed by atoms with van der Waals surface area (Å²) in [7, 11) is 0. The quantitative estimate of drug-likeness (QED) is 0.768. The molecular weight excluding hydrogens is 288 g/mol. The minimum Gasteiger partial charge on any atom is -0.327 e. The van der Waals surface area contributed by atoms with Crippen molar-refractivity contribution in [1.29, 1.82) is 0 Å². The summed E-state index contributed by atoms with van der Waals surface area (Å²) in [5, 5.41) is 0. The summed E-state index contributed by atoms with van der Waals surface area (Å²) >= 11 is 9.39. The first-order valence-corrected chi connectivity index (χ1v) is 6.79. The number of hydrogen-bond donors (Lipinski definition) is 0. The van der Waals surface area contributed by atoms with Crippen LogP contribution >= 0.6 is 27.5 Å². The first kappa shape index (κ1) is 11.9. The first-order chi connectivity index (χ1) is 7.76. The zero-order chi connectivity index (χ0) is 11.5. The monoisotopic (exact) mass is 300 g/mol. The minimum absolute atomic E-state index is 0.468. The Labute approximate surface area is 109 Å². The summed E-state index contributed by atoms with van der Waals surface area (Å²) in [6, 6.07) is 6.18. The third-order valence-corrected chi connectivity index (χ3v) is 3.38. The number of hydrogen-bond acceptors (Lipinski definition) is 1. The predicted molar refractivity (Wildman–Crippen MR) is 71.9 cm³/mol. The summed E-state index contributed by atoms with van der Waals surface area (Å²) in [4.78, 5) is 4.55. The summed E-state index contributed by atoms with van der Waals surface area (Å²) < 4.78 is 3.28. The molecule has 0 N–H and O–H groups in total. The summed E-state index contributed by atoms with van der Waals surface area (Å²) in [5.74, 6) is 1.43. The maximum Gasteiger partial charge on any atom is 0.124 e. The molecule has 0 aliphatic heterocycles. The predicted octanol–water partition coefficient (Wildman–Crippen LogP) is 4.34. The SMILES string of the molecule is CCCCn1c(CCl)nc2cc(Br)ccc21. The van der Waals surface area contributed by atoms with Crippen molar-refractivity contribution in [2.24, 2.45) is 0 Å². The molecule has 16 heavy (non-hydrogen) atoms. The Bertz CT molecular complexity index is 493. The van der Waals surface area contributed by atoms with Crippen LogP contribution in [0.4, 0.5) is 0 Å². The highest BCUT2D eigenvalue weighted by Gasteiger charge is 2.09. The first-order valence-electron chi connectivity index (χ1n) is 5.47. The largest absolute Gasteiger partial charge is 0.327 e. The highest BCUT2D eigenvalue weighted by atomic mass is 79.9. The van der Waals surface area contributed by atoms with Crippen molar-refractivity contribution in [3.8, 4) is 0 Å². The van der Waals surface area contributed by atoms with Gasteiger partial charge in [-0.2, -0.15) is 0 Å². The van der Waals surface area contributed by atoms with Gasteiger partial charge in [0.05, 0.1) is 16.9 Å². The fraction of sp³-hybridized carbons (Fsp3) is 0.417. The van der Waals surface area contributed by atoms with Crippen LogP contribution in [0.25, 0.3) is 11.0 Å². The lowest BCUT2D eigenvalue weighted by Gasteiger charge is -2.06. The molecular formula is C12H14BrClN2. The molecule has 0 saturated heterocycles. The van der Waals surface area contributed by atoms with E-state index in [-0.39, 0.29) is 0 Å². The summed E-state index contributed by atoms with van der Waals surface area (Å²) in [5.41, 5.74) is 2.19. The lowest BCUT2D eigenvalue weighted by molar-refractivity contribution is 0.628. The maximum atomic E-state index is 5.93. The topological polar surface area (TPSA) is 17.8 Å². The number of imidazole rings is 1. The van der Waals surface area contributed by atoms with Gasteiger partial charge >= 0.3 is 0 Å². The number of benzene rings is 1. The number of aryl methyl sites for hydroxylation is 1. The van der Waals surface area contributed by atoms with Gasteiger partial charge in [-0.05, 0) is 24.6 Å². The van der Waals surface area contributed by atoms with E-state index in [1.807, 2.05) is 12.1 Å². The molecule has 1 aromatic heterocycles. The van der Waals surface area contributed by atoms with Crippen LogP contribution in [-0.4, -0.2) is 9.55 Å².